The second-order valence-corrected chi connectivity index (χ2v) is 5.66. The molecule has 1 aromatic rings. The summed E-state index contributed by atoms with van der Waals surface area (Å²) in [7, 11) is -3.67. The number of aromatic nitrogens is 1. The number of aliphatic hydroxyl groups excluding tert-OH is 1. The van der Waals surface area contributed by atoms with Crippen LogP contribution in [-0.2, 0) is 10.0 Å². The average molecular weight is 273 g/mol. The molecule has 0 amide bonds. The standard InChI is InChI=1S/C11H19N3O3S/c1-2-3-10(12)9-4-5-13-11(8-9)18(16,17)14-6-7-15/h4-5,8,10,14-15H,2-3,6-7,12H2,1H3. The van der Waals surface area contributed by atoms with Gasteiger partial charge in [0.05, 0.1) is 6.61 Å². The predicted molar refractivity (Wildman–Crippen MR) is 68.3 cm³/mol. The molecule has 0 aromatic carbocycles. The van der Waals surface area contributed by atoms with E-state index in [1.807, 2.05) is 6.92 Å². The highest BCUT2D eigenvalue weighted by Crippen LogP contribution is 2.17. The molecular weight excluding hydrogens is 254 g/mol. The first-order chi connectivity index (χ1) is 8.51. The molecule has 0 saturated heterocycles. The van der Waals surface area contributed by atoms with E-state index in [9.17, 15) is 8.42 Å². The first-order valence-corrected chi connectivity index (χ1v) is 7.31. The zero-order valence-corrected chi connectivity index (χ0v) is 11.2. The van der Waals surface area contributed by atoms with Gasteiger partial charge in [-0.3, -0.25) is 0 Å². The van der Waals surface area contributed by atoms with Gasteiger partial charge in [0.15, 0.2) is 5.03 Å². The molecular formula is C11H19N3O3S. The van der Waals surface area contributed by atoms with Crippen molar-refractivity contribution in [1.82, 2.24) is 9.71 Å². The van der Waals surface area contributed by atoms with Gasteiger partial charge in [0.25, 0.3) is 10.0 Å². The number of pyridine rings is 1. The first-order valence-electron chi connectivity index (χ1n) is 5.83. The van der Waals surface area contributed by atoms with Gasteiger partial charge in [-0.15, -0.1) is 0 Å². The van der Waals surface area contributed by atoms with E-state index >= 15 is 0 Å². The van der Waals surface area contributed by atoms with Crippen LogP contribution >= 0.6 is 0 Å². The lowest BCUT2D eigenvalue weighted by molar-refractivity contribution is 0.301. The molecule has 4 N–H and O–H groups in total. The zero-order chi connectivity index (χ0) is 13.6. The van der Waals surface area contributed by atoms with Gasteiger partial charge < -0.3 is 10.8 Å². The Balaban J connectivity index is 2.94. The summed E-state index contributed by atoms with van der Waals surface area (Å²) in [5, 5.41) is 8.55. The normalized spacial score (nSPS) is 13.5. The molecule has 6 nitrogen and oxygen atoms in total. The fraction of sp³-hybridized carbons (Fsp3) is 0.545. The van der Waals surface area contributed by atoms with Gasteiger partial charge >= 0.3 is 0 Å². The number of nitrogens with one attached hydrogen (secondary N) is 1. The van der Waals surface area contributed by atoms with Crippen molar-refractivity contribution >= 4 is 10.0 Å². The Morgan fingerprint density at radius 1 is 1.56 bits per heavy atom. The van der Waals surface area contributed by atoms with Crippen molar-refractivity contribution in [2.45, 2.75) is 30.8 Å². The Labute approximate surface area is 107 Å². The number of sulfonamides is 1. The first kappa shape index (κ1) is 15.0. The fourth-order valence-corrected chi connectivity index (χ4v) is 2.53. The summed E-state index contributed by atoms with van der Waals surface area (Å²) in [5.41, 5.74) is 6.68. The third-order valence-corrected chi connectivity index (χ3v) is 3.82. The van der Waals surface area contributed by atoms with E-state index in [0.29, 0.717) is 0 Å². The van der Waals surface area contributed by atoms with Crippen LogP contribution in [0.3, 0.4) is 0 Å². The van der Waals surface area contributed by atoms with Gasteiger partial charge in [0.2, 0.25) is 0 Å². The monoisotopic (exact) mass is 273 g/mol. The van der Waals surface area contributed by atoms with Crippen molar-refractivity contribution in [3.05, 3.63) is 23.9 Å². The minimum absolute atomic E-state index is 0.0325. The maximum absolute atomic E-state index is 11.8. The Morgan fingerprint density at radius 3 is 2.89 bits per heavy atom. The molecule has 7 heteroatoms. The molecule has 0 radical (unpaired) electrons. The Bertz CT molecular complexity index is 476. The summed E-state index contributed by atoms with van der Waals surface area (Å²) in [6, 6.07) is 3.00. The van der Waals surface area contributed by atoms with E-state index in [2.05, 4.69) is 9.71 Å². The number of nitrogens with two attached hydrogens (primary N) is 1. The summed E-state index contributed by atoms with van der Waals surface area (Å²) >= 11 is 0. The van der Waals surface area contributed by atoms with E-state index in [1.165, 1.54) is 12.3 Å². The molecule has 0 saturated carbocycles. The summed E-state index contributed by atoms with van der Waals surface area (Å²) in [6.07, 6.45) is 3.14. The number of hydrogen-bond donors (Lipinski definition) is 3. The second kappa shape index (κ2) is 6.79. The van der Waals surface area contributed by atoms with Gasteiger partial charge in [-0.2, -0.15) is 0 Å². The highest BCUT2D eigenvalue weighted by atomic mass is 32.2. The molecule has 1 heterocycles. The van der Waals surface area contributed by atoms with Crippen molar-refractivity contribution < 1.29 is 13.5 Å². The molecule has 1 unspecified atom stereocenters. The maximum Gasteiger partial charge on any atom is 0.258 e. The predicted octanol–water partition coefficient (Wildman–Crippen LogP) is 0.152. The van der Waals surface area contributed by atoms with Crippen LogP contribution in [0.1, 0.15) is 31.4 Å². The van der Waals surface area contributed by atoms with Crippen molar-refractivity contribution in [3.8, 4) is 0 Å². The third-order valence-electron chi connectivity index (χ3n) is 2.47. The van der Waals surface area contributed by atoms with E-state index in [-0.39, 0.29) is 24.2 Å². The molecule has 0 spiro atoms. The third kappa shape index (κ3) is 4.02. The van der Waals surface area contributed by atoms with Crippen LogP contribution in [-0.4, -0.2) is 31.7 Å². The molecule has 1 aromatic heterocycles. The number of aliphatic hydroxyl groups is 1. The Kier molecular flexibility index (Phi) is 5.67. The topological polar surface area (TPSA) is 105 Å². The minimum atomic E-state index is -3.67. The highest BCUT2D eigenvalue weighted by molar-refractivity contribution is 7.89. The number of hydrogen-bond acceptors (Lipinski definition) is 5. The average Bonchev–Trinajstić information content (AvgIpc) is 2.37. The summed E-state index contributed by atoms with van der Waals surface area (Å²) < 4.78 is 25.8. The van der Waals surface area contributed by atoms with Crippen LogP contribution in [0.2, 0.25) is 0 Å². The maximum atomic E-state index is 11.8. The van der Waals surface area contributed by atoms with Crippen molar-refractivity contribution in [2.24, 2.45) is 5.73 Å². The van der Waals surface area contributed by atoms with E-state index in [1.54, 1.807) is 6.07 Å². The summed E-state index contributed by atoms with van der Waals surface area (Å²) in [4.78, 5) is 3.82. The van der Waals surface area contributed by atoms with Gasteiger partial charge in [0.1, 0.15) is 0 Å². The second-order valence-electron chi connectivity index (χ2n) is 3.94. The quantitative estimate of drug-likeness (QED) is 0.656. The van der Waals surface area contributed by atoms with Crippen molar-refractivity contribution in [1.29, 1.82) is 0 Å². The van der Waals surface area contributed by atoms with Gasteiger partial charge in [-0.1, -0.05) is 13.3 Å². The SMILES string of the molecule is CCCC(N)c1ccnc(S(=O)(=O)NCCO)c1. The molecule has 0 aliphatic rings. The van der Waals surface area contributed by atoms with Gasteiger partial charge in [0, 0.05) is 18.8 Å². The molecule has 1 atom stereocenters. The van der Waals surface area contributed by atoms with E-state index < -0.39 is 10.0 Å². The van der Waals surface area contributed by atoms with Crippen LogP contribution in [0.5, 0.6) is 0 Å². The largest absolute Gasteiger partial charge is 0.395 e. The highest BCUT2D eigenvalue weighted by Gasteiger charge is 2.16. The van der Waals surface area contributed by atoms with Crippen molar-refractivity contribution in [3.63, 3.8) is 0 Å². The lowest BCUT2D eigenvalue weighted by atomic mass is 10.1. The fourth-order valence-electron chi connectivity index (χ4n) is 1.53. The summed E-state index contributed by atoms with van der Waals surface area (Å²) in [6.45, 7) is 1.73. The lowest BCUT2D eigenvalue weighted by Crippen LogP contribution is -2.27. The Hall–Kier alpha value is -1.02. The van der Waals surface area contributed by atoms with Crippen molar-refractivity contribution in [2.75, 3.05) is 13.2 Å². The van der Waals surface area contributed by atoms with E-state index in [4.69, 9.17) is 10.8 Å². The van der Waals surface area contributed by atoms with Gasteiger partial charge in [-0.05, 0) is 24.1 Å². The smallest absolute Gasteiger partial charge is 0.258 e. The molecule has 18 heavy (non-hydrogen) atoms. The van der Waals surface area contributed by atoms with Crippen LogP contribution in [0.25, 0.3) is 0 Å². The minimum Gasteiger partial charge on any atom is -0.395 e. The molecule has 0 aliphatic carbocycles. The molecule has 1 rings (SSSR count). The molecule has 0 fully saturated rings. The van der Waals surface area contributed by atoms with Gasteiger partial charge in [-0.25, -0.2) is 18.1 Å². The van der Waals surface area contributed by atoms with Crippen LogP contribution in [0.15, 0.2) is 23.4 Å². The van der Waals surface area contributed by atoms with E-state index in [0.717, 1.165) is 18.4 Å². The molecule has 0 aliphatic heterocycles. The zero-order valence-electron chi connectivity index (χ0n) is 10.3. The van der Waals surface area contributed by atoms with Crippen LogP contribution in [0.4, 0.5) is 0 Å². The number of nitrogens with zero attached hydrogens (tertiary/aromatic N) is 1. The molecule has 102 valence electrons. The Morgan fingerprint density at radius 2 is 2.28 bits per heavy atom. The molecule has 0 bridgehead atoms. The van der Waals surface area contributed by atoms with Crippen LogP contribution in [0, 0.1) is 0 Å². The van der Waals surface area contributed by atoms with Crippen LogP contribution < -0.4 is 10.5 Å². The lowest BCUT2D eigenvalue weighted by Gasteiger charge is -2.12. The summed E-state index contributed by atoms with van der Waals surface area (Å²) in [5.74, 6) is 0. The number of rotatable bonds is 7.